The third-order valence-electron chi connectivity index (χ3n) is 2.36. The maximum Gasteiger partial charge on any atom is 0.339 e. The van der Waals surface area contributed by atoms with Gasteiger partial charge in [0.1, 0.15) is 5.69 Å². The molecule has 7 heteroatoms. The maximum atomic E-state index is 11.6. The van der Waals surface area contributed by atoms with Crippen molar-refractivity contribution in [3.05, 3.63) is 18.0 Å². The van der Waals surface area contributed by atoms with Gasteiger partial charge in [-0.2, -0.15) is 5.10 Å². The number of carbonyl (C=O) groups excluding carboxylic acids is 2. The minimum Gasteiger partial charge on any atom is -0.467 e. The summed E-state index contributed by atoms with van der Waals surface area (Å²) >= 11 is 0. The van der Waals surface area contributed by atoms with Gasteiger partial charge in [0, 0.05) is 20.3 Å². The van der Waals surface area contributed by atoms with Crippen LogP contribution in [-0.2, 0) is 16.1 Å². The molecule has 1 N–H and O–H groups in total. The van der Waals surface area contributed by atoms with Gasteiger partial charge in [0.05, 0.1) is 13.7 Å². The second-order valence-electron chi connectivity index (χ2n) is 4.36. The standard InChI is InChI=1S/C11H17N3O4/c1-11(17,10(16)18-4)7-14-6-5-8(12-14)9(15)13(2)3/h5-6,17H,7H2,1-4H3. The van der Waals surface area contributed by atoms with E-state index in [-0.39, 0.29) is 18.1 Å². The highest BCUT2D eigenvalue weighted by Crippen LogP contribution is 2.10. The molecular formula is C11H17N3O4. The van der Waals surface area contributed by atoms with E-state index in [9.17, 15) is 14.7 Å². The number of carbonyl (C=O) groups is 2. The fourth-order valence-corrected chi connectivity index (χ4v) is 1.39. The van der Waals surface area contributed by atoms with Crippen LogP contribution in [-0.4, -0.2) is 58.5 Å². The fourth-order valence-electron chi connectivity index (χ4n) is 1.39. The molecule has 1 aromatic heterocycles. The zero-order chi connectivity index (χ0) is 13.9. The molecule has 0 saturated heterocycles. The summed E-state index contributed by atoms with van der Waals surface area (Å²) < 4.78 is 5.80. The van der Waals surface area contributed by atoms with Crippen molar-refractivity contribution in [2.24, 2.45) is 0 Å². The Hall–Kier alpha value is -1.89. The molecule has 1 unspecified atom stereocenters. The lowest BCUT2D eigenvalue weighted by Crippen LogP contribution is -2.40. The van der Waals surface area contributed by atoms with Crippen LogP contribution in [0.1, 0.15) is 17.4 Å². The van der Waals surface area contributed by atoms with Gasteiger partial charge in [-0.05, 0) is 13.0 Å². The van der Waals surface area contributed by atoms with Crippen molar-refractivity contribution < 1.29 is 19.4 Å². The highest BCUT2D eigenvalue weighted by Gasteiger charge is 2.32. The van der Waals surface area contributed by atoms with E-state index >= 15 is 0 Å². The highest BCUT2D eigenvalue weighted by atomic mass is 16.5. The normalized spacial score (nSPS) is 13.8. The summed E-state index contributed by atoms with van der Waals surface area (Å²) in [5, 5.41) is 13.9. The number of hydrogen-bond acceptors (Lipinski definition) is 5. The van der Waals surface area contributed by atoms with E-state index in [4.69, 9.17) is 0 Å². The average Bonchev–Trinajstić information content (AvgIpc) is 2.74. The molecule has 0 radical (unpaired) electrons. The molecule has 0 spiro atoms. The SMILES string of the molecule is COC(=O)C(C)(O)Cn1ccc(C(=O)N(C)C)n1. The molecule has 0 fully saturated rings. The van der Waals surface area contributed by atoms with E-state index in [1.54, 1.807) is 14.1 Å². The summed E-state index contributed by atoms with van der Waals surface area (Å²) in [5.74, 6) is -0.995. The Balaban J connectivity index is 2.82. The number of esters is 1. The average molecular weight is 255 g/mol. The van der Waals surface area contributed by atoms with E-state index in [0.29, 0.717) is 0 Å². The molecule has 0 aliphatic carbocycles. The zero-order valence-corrected chi connectivity index (χ0v) is 10.9. The largest absolute Gasteiger partial charge is 0.467 e. The smallest absolute Gasteiger partial charge is 0.339 e. The number of hydrogen-bond donors (Lipinski definition) is 1. The first-order valence-electron chi connectivity index (χ1n) is 5.34. The molecule has 0 saturated carbocycles. The van der Waals surface area contributed by atoms with Gasteiger partial charge in [-0.25, -0.2) is 4.79 Å². The molecular weight excluding hydrogens is 238 g/mol. The van der Waals surface area contributed by atoms with Crippen molar-refractivity contribution in [1.82, 2.24) is 14.7 Å². The quantitative estimate of drug-likeness (QED) is 0.734. The van der Waals surface area contributed by atoms with Gasteiger partial charge in [0.25, 0.3) is 5.91 Å². The van der Waals surface area contributed by atoms with E-state index in [1.165, 1.54) is 35.9 Å². The molecule has 1 amide bonds. The Bertz CT molecular complexity index is 451. The van der Waals surface area contributed by atoms with Crippen LogP contribution < -0.4 is 0 Å². The first kappa shape index (κ1) is 14.2. The van der Waals surface area contributed by atoms with Gasteiger partial charge in [-0.3, -0.25) is 9.48 Å². The number of nitrogens with zero attached hydrogens (tertiary/aromatic N) is 3. The molecule has 0 bridgehead atoms. The zero-order valence-electron chi connectivity index (χ0n) is 10.9. The number of methoxy groups -OCH3 is 1. The molecule has 0 aliphatic rings. The number of amides is 1. The van der Waals surface area contributed by atoms with Gasteiger partial charge in [-0.1, -0.05) is 0 Å². The Morgan fingerprint density at radius 2 is 2.17 bits per heavy atom. The topological polar surface area (TPSA) is 84.7 Å². The van der Waals surface area contributed by atoms with Crippen molar-refractivity contribution in [2.75, 3.05) is 21.2 Å². The summed E-state index contributed by atoms with van der Waals surface area (Å²) in [5.41, 5.74) is -1.43. The first-order valence-corrected chi connectivity index (χ1v) is 5.34. The Morgan fingerprint density at radius 3 is 2.67 bits per heavy atom. The Kier molecular flexibility index (Phi) is 4.07. The number of aliphatic hydroxyl groups is 1. The number of aromatic nitrogens is 2. The van der Waals surface area contributed by atoms with Crippen molar-refractivity contribution in [3.8, 4) is 0 Å². The second kappa shape index (κ2) is 5.18. The van der Waals surface area contributed by atoms with Crippen molar-refractivity contribution in [1.29, 1.82) is 0 Å². The minimum absolute atomic E-state index is 0.0830. The lowest BCUT2D eigenvalue weighted by Gasteiger charge is -2.19. The Labute approximate surface area is 105 Å². The molecule has 0 aliphatic heterocycles. The summed E-state index contributed by atoms with van der Waals surface area (Å²) in [4.78, 5) is 24.3. The molecule has 1 rings (SSSR count). The Morgan fingerprint density at radius 1 is 1.56 bits per heavy atom. The summed E-state index contributed by atoms with van der Waals surface area (Å²) in [7, 11) is 4.43. The van der Waals surface area contributed by atoms with E-state index in [2.05, 4.69) is 9.84 Å². The minimum atomic E-state index is -1.68. The third-order valence-corrected chi connectivity index (χ3v) is 2.36. The van der Waals surface area contributed by atoms with Crippen molar-refractivity contribution >= 4 is 11.9 Å². The van der Waals surface area contributed by atoms with E-state index < -0.39 is 11.6 Å². The molecule has 7 nitrogen and oxygen atoms in total. The van der Waals surface area contributed by atoms with Crippen molar-refractivity contribution in [2.45, 2.75) is 19.1 Å². The number of ether oxygens (including phenoxy) is 1. The van der Waals surface area contributed by atoms with Gasteiger partial charge >= 0.3 is 5.97 Å². The van der Waals surface area contributed by atoms with Crippen molar-refractivity contribution in [3.63, 3.8) is 0 Å². The van der Waals surface area contributed by atoms with Gasteiger partial charge in [0.15, 0.2) is 5.60 Å². The monoisotopic (exact) mass is 255 g/mol. The lowest BCUT2D eigenvalue weighted by atomic mass is 10.1. The number of rotatable bonds is 4. The molecule has 1 atom stereocenters. The van der Waals surface area contributed by atoms with Crippen LogP contribution >= 0.6 is 0 Å². The molecule has 100 valence electrons. The predicted molar refractivity (Wildman–Crippen MR) is 62.9 cm³/mol. The van der Waals surface area contributed by atoms with Crippen LogP contribution in [0.15, 0.2) is 12.3 Å². The highest BCUT2D eigenvalue weighted by molar-refractivity contribution is 5.91. The van der Waals surface area contributed by atoms with Gasteiger partial charge in [0.2, 0.25) is 0 Å². The summed E-state index contributed by atoms with van der Waals surface area (Å²) in [6.07, 6.45) is 1.52. The summed E-state index contributed by atoms with van der Waals surface area (Å²) in [6, 6.07) is 1.52. The van der Waals surface area contributed by atoms with E-state index in [1.807, 2.05) is 0 Å². The predicted octanol–water partition coefficient (Wildman–Crippen LogP) is -0.491. The molecule has 1 heterocycles. The van der Waals surface area contributed by atoms with Crippen LogP contribution in [0.4, 0.5) is 0 Å². The second-order valence-corrected chi connectivity index (χ2v) is 4.36. The van der Waals surface area contributed by atoms with Gasteiger partial charge < -0.3 is 14.7 Å². The van der Waals surface area contributed by atoms with Crippen LogP contribution in [0.3, 0.4) is 0 Å². The molecule has 1 aromatic rings. The fraction of sp³-hybridized carbons (Fsp3) is 0.545. The van der Waals surface area contributed by atoms with E-state index in [0.717, 1.165) is 0 Å². The van der Waals surface area contributed by atoms with Crippen LogP contribution in [0.5, 0.6) is 0 Å². The lowest BCUT2D eigenvalue weighted by molar-refractivity contribution is -0.162. The molecule has 0 aromatic carbocycles. The third kappa shape index (κ3) is 3.07. The summed E-state index contributed by atoms with van der Waals surface area (Å²) in [6.45, 7) is 1.24. The van der Waals surface area contributed by atoms with Crippen LogP contribution in [0.25, 0.3) is 0 Å². The van der Waals surface area contributed by atoms with Crippen LogP contribution in [0.2, 0.25) is 0 Å². The first-order chi connectivity index (χ1) is 8.27. The van der Waals surface area contributed by atoms with Gasteiger partial charge in [-0.15, -0.1) is 0 Å². The van der Waals surface area contributed by atoms with Crippen LogP contribution in [0, 0.1) is 0 Å². The maximum absolute atomic E-state index is 11.6. The molecule has 18 heavy (non-hydrogen) atoms.